The van der Waals surface area contributed by atoms with Crippen LogP contribution in [0.1, 0.15) is 25.3 Å². The van der Waals surface area contributed by atoms with Crippen molar-refractivity contribution in [3.8, 4) is 0 Å². The predicted octanol–water partition coefficient (Wildman–Crippen LogP) is 3.51. The molecule has 0 radical (unpaired) electrons. The highest BCUT2D eigenvalue weighted by molar-refractivity contribution is 5.85. The van der Waals surface area contributed by atoms with Crippen molar-refractivity contribution in [3.05, 3.63) is 53.6 Å². The highest BCUT2D eigenvalue weighted by atomic mass is 16.4. The van der Waals surface area contributed by atoms with Crippen molar-refractivity contribution in [2.45, 2.75) is 19.8 Å². The quantitative estimate of drug-likeness (QED) is 0.765. The Kier molecular flexibility index (Phi) is 4.52. The third-order valence-corrected chi connectivity index (χ3v) is 2.34. The zero-order chi connectivity index (χ0) is 12.0. The molecule has 0 spiro atoms. The molecule has 0 aliphatic heterocycles. The van der Waals surface area contributed by atoms with Crippen LogP contribution in [0, 0.1) is 0 Å². The van der Waals surface area contributed by atoms with Crippen molar-refractivity contribution in [1.82, 2.24) is 0 Å². The first-order valence-corrected chi connectivity index (χ1v) is 5.23. The van der Waals surface area contributed by atoms with E-state index in [1.54, 1.807) is 0 Å². The number of aliphatic carboxylic acids is 1. The van der Waals surface area contributed by atoms with Crippen LogP contribution >= 0.6 is 0 Å². The van der Waals surface area contributed by atoms with Crippen LogP contribution in [0.2, 0.25) is 0 Å². The Hall–Kier alpha value is -1.83. The molecule has 1 aromatic rings. The Balaban J connectivity index is 2.53. The number of hydrogen-bond donors (Lipinski definition) is 1. The van der Waals surface area contributed by atoms with Crippen LogP contribution < -0.4 is 0 Å². The van der Waals surface area contributed by atoms with Crippen LogP contribution in [0.3, 0.4) is 0 Å². The molecule has 0 bridgehead atoms. The van der Waals surface area contributed by atoms with Crippen molar-refractivity contribution in [2.24, 2.45) is 0 Å². The smallest absolute Gasteiger partial charge is 0.330 e. The van der Waals surface area contributed by atoms with Gasteiger partial charge in [0.05, 0.1) is 0 Å². The van der Waals surface area contributed by atoms with Gasteiger partial charge in [0.1, 0.15) is 0 Å². The van der Waals surface area contributed by atoms with Gasteiger partial charge in [0.25, 0.3) is 0 Å². The standard InChI is InChI=1S/C14H16O2/c1-11(8-9-12(2)14(15)16)10-13-6-4-3-5-7-13/h3-7,10H,2,8-9H2,1H3,(H,15,16). The van der Waals surface area contributed by atoms with E-state index in [2.05, 4.69) is 12.7 Å². The summed E-state index contributed by atoms with van der Waals surface area (Å²) in [5.74, 6) is -0.910. The van der Waals surface area contributed by atoms with Crippen LogP contribution in [0.15, 0.2) is 48.1 Å². The molecule has 1 rings (SSSR count). The van der Waals surface area contributed by atoms with Crippen molar-refractivity contribution < 1.29 is 9.90 Å². The summed E-state index contributed by atoms with van der Waals surface area (Å²) in [7, 11) is 0. The maximum atomic E-state index is 10.6. The number of rotatable bonds is 5. The van der Waals surface area contributed by atoms with Crippen molar-refractivity contribution in [1.29, 1.82) is 0 Å². The van der Waals surface area contributed by atoms with Gasteiger partial charge in [-0.3, -0.25) is 0 Å². The van der Waals surface area contributed by atoms with E-state index in [0.29, 0.717) is 6.42 Å². The third-order valence-electron chi connectivity index (χ3n) is 2.34. The molecule has 1 aromatic carbocycles. The minimum atomic E-state index is -0.910. The molecule has 0 saturated heterocycles. The normalized spacial score (nSPS) is 11.2. The van der Waals surface area contributed by atoms with Crippen LogP contribution in [0.5, 0.6) is 0 Å². The largest absolute Gasteiger partial charge is 0.478 e. The molecular formula is C14H16O2. The van der Waals surface area contributed by atoms with E-state index in [-0.39, 0.29) is 5.57 Å². The summed E-state index contributed by atoms with van der Waals surface area (Å²) in [5, 5.41) is 8.67. The van der Waals surface area contributed by atoms with E-state index >= 15 is 0 Å². The first-order chi connectivity index (χ1) is 7.59. The molecule has 0 fully saturated rings. The monoisotopic (exact) mass is 216 g/mol. The summed E-state index contributed by atoms with van der Waals surface area (Å²) >= 11 is 0. The zero-order valence-electron chi connectivity index (χ0n) is 9.44. The minimum absolute atomic E-state index is 0.265. The lowest BCUT2D eigenvalue weighted by atomic mass is 10.0. The molecular weight excluding hydrogens is 200 g/mol. The number of benzene rings is 1. The summed E-state index contributed by atoms with van der Waals surface area (Å²) in [6.07, 6.45) is 3.31. The second-order valence-electron chi connectivity index (χ2n) is 3.81. The average Bonchev–Trinajstić information content (AvgIpc) is 2.27. The SMILES string of the molecule is C=C(CCC(C)=Cc1ccccc1)C(=O)O. The van der Waals surface area contributed by atoms with Gasteiger partial charge in [0.15, 0.2) is 0 Å². The van der Waals surface area contributed by atoms with E-state index in [1.165, 1.54) is 0 Å². The lowest BCUT2D eigenvalue weighted by molar-refractivity contribution is -0.132. The molecule has 0 saturated carbocycles. The zero-order valence-corrected chi connectivity index (χ0v) is 9.44. The van der Waals surface area contributed by atoms with Gasteiger partial charge in [-0.15, -0.1) is 0 Å². The first-order valence-electron chi connectivity index (χ1n) is 5.23. The van der Waals surface area contributed by atoms with Gasteiger partial charge in [0.2, 0.25) is 0 Å². The number of carbonyl (C=O) groups is 1. The van der Waals surface area contributed by atoms with Crippen LogP contribution in [0.25, 0.3) is 6.08 Å². The van der Waals surface area contributed by atoms with Crippen molar-refractivity contribution >= 4 is 12.0 Å². The average molecular weight is 216 g/mol. The molecule has 0 heterocycles. The first kappa shape index (κ1) is 12.2. The molecule has 2 nitrogen and oxygen atoms in total. The highest BCUT2D eigenvalue weighted by Crippen LogP contribution is 2.13. The fraction of sp³-hybridized carbons (Fsp3) is 0.214. The molecule has 2 heteroatoms. The number of carboxylic acid groups (broad SMARTS) is 1. The van der Waals surface area contributed by atoms with Gasteiger partial charge in [-0.2, -0.15) is 0 Å². The van der Waals surface area contributed by atoms with Gasteiger partial charge in [-0.1, -0.05) is 48.6 Å². The summed E-state index contributed by atoms with van der Waals surface area (Å²) in [5.41, 5.74) is 2.57. The molecule has 1 N–H and O–H groups in total. The van der Waals surface area contributed by atoms with E-state index in [4.69, 9.17) is 5.11 Å². The summed E-state index contributed by atoms with van der Waals surface area (Å²) < 4.78 is 0. The Bertz CT molecular complexity index is 402. The molecule has 0 atom stereocenters. The molecule has 16 heavy (non-hydrogen) atoms. The second kappa shape index (κ2) is 5.91. The minimum Gasteiger partial charge on any atom is -0.478 e. The lowest BCUT2D eigenvalue weighted by Crippen LogP contribution is -1.98. The predicted molar refractivity (Wildman–Crippen MR) is 66.1 cm³/mol. The fourth-order valence-corrected chi connectivity index (χ4v) is 1.36. The number of allylic oxidation sites excluding steroid dienone is 1. The van der Waals surface area contributed by atoms with Crippen molar-refractivity contribution in [2.75, 3.05) is 0 Å². The van der Waals surface area contributed by atoms with E-state index < -0.39 is 5.97 Å². The van der Waals surface area contributed by atoms with E-state index in [1.807, 2.05) is 37.3 Å². The topological polar surface area (TPSA) is 37.3 Å². The Morgan fingerprint density at radius 3 is 2.50 bits per heavy atom. The Labute approximate surface area is 95.9 Å². The molecule has 0 amide bonds. The maximum Gasteiger partial charge on any atom is 0.330 e. The number of carboxylic acids is 1. The third kappa shape index (κ3) is 4.13. The van der Waals surface area contributed by atoms with Gasteiger partial charge in [0, 0.05) is 5.57 Å². The van der Waals surface area contributed by atoms with Gasteiger partial charge in [-0.25, -0.2) is 4.79 Å². The second-order valence-corrected chi connectivity index (χ2v) is 3.81. The summed E-state index contributed by atoms with van der Waals surface area (Å²) in [6, 6.07) is 9.98. The van der Waals surface area contributed by atoms with Gasteiger partial charge >= 0.3 is 5.97 Å². The Morgan fingerprint density at radius 1 is 1.31 bits per heavy atom. The van der Waals surface area contributed by atoms with Gasteiger partial charge < -0.3 is 5.11 Å². The molecule has 0 aromatic heterocycles. The summed E-state index contributed by atoms with van der Waals surface area (Å²) in [6.45, 7) is 5.51. The molecule has 84 valence electrons. The summed E-state index contributed by atoms with van der Waals surface area (Å²) in [4.78, 5) is 10.6. The van der Waals surface area contributed by atoms with Crippen LogP contribution in [0.4, 0.5) is 0 Å². The van der Waals surface area contributed by atoms with Crippen molar-refractivity contribution in [3.63, 3.8) is 0 Å². The highest BCUT2D eigenvalue weighted by Gasteiger charge is 2.03. The van der Waals surface area contributed by atoms with E-state index in [9.17, 15) is 4.79 Å². The van der Waals surface area contributed by atoms with Crippen LogP contribution in [-0.4, -0.2) is 11.1 Å². The maximum absolute atomic E-state index is 10.6. The van der Waals surface area contributed by atoms with Gasteiger partial charge in [-0.05, 0) is 25.3 Å². The molecule has 0 aliphatic carbocycles. The number of hydrogen-bond acceptors (Lipinski definition) is 1. The molecule has 0 unspecified atom stereocenters. The fourth-order valence-electron chi connectivity index (χ4n) is 1.36. The lowest BCUT2D eigenvalue weighted by Gasteiger charge is -2.02. The van der Waals surface area contributed by atoms with E-state index in [0.717, 1.165) is 17.6 Å². The van der Waals surface area contributed by atoms with Crippen LogP contribution in [-0.2, 0) is 4.79 Å². The Morgan fingerprint density at radius 2 is 1.94 bits per heavy atom. The molecule has 0 aliphatic rings.